The van der Waals surface area contributed by atoms with Crippen molar-refractivity contribution in [3.05, 3.63) is 0 Å². The maximum absolute atomic E-state index is 12.3. The average molecular weight is 246 g/mol. The van der Waals surface area contributed by atoms with E-state index in [-0.39, 0.29) is 0 Å². The second-order valence-electron chi connectivity index (χ2n) is 2.75. The molecule has 0 heterocycles. The minimum absolute atomic E-state index is 0.416. The third kappa shape index (κ3) is 2.01. The fraction of sp³-hybridized carbons (Fsp3) is 1.00. The van der Waals surface area contributed by atoms with Crippen molar-refractivity contribution < 1.29 is 40.2 Å². The van der Waals surface area contributed by atoms with E-state index in [4.69, 9.17) is 5.11 Å². The molecule has 0 aliphatic carbocycles. The molecule has 0 fully saturated rings. The molecular weight excluding hydrogens is 240 g/mol. The molecule has 0 rings (SSSR count). The van der Waals surface area contributed by atoms with Crippen LogP contribution in [-0.4, -0.2) is 29.0 Å². The summed E-state index contributed by atoms with van der Waals surface area (Å²) in [5.74, 6) is -18.2. The Morgan fingerprint density at radius 3 is 1.33 bits per heavy atom. The van der Waals surface area contributed by atoms with Crippen LogP contribution in [0.2, 0.25) is 0 Å². The Hall–Kier alpha value is -0.600. The molecule has 0 bridgehead atoms. The van der Waals surface area contributed by atoms with Crippen molar-refractivity contribution in [1.29, 1.82) is 0 Å². The van der Waals surface area contributed by atoms with Crippen molar-refractivity contribution >= 4 is 0 Å². The van der Waals surface area contributed by atoms with E-state index in [0.717, 1.165) is 0 Å². The van der Waals surface area contributed by atoms with Gasteiger partial charge in [-0.1, -0.05) is 6.92 Å². The molecule has 0 aromatic rings. The molecule has 0 radical (unpaired) electrons. The monoisotopic (exact) mass is 246 g/mol. The standard InChI is InChI=1S/C6H6F8O/c1-2-3(7,8)4(9,10)5(11,12)6(13,14)15/h15H,2H2,1H3. The summed E-state index contributed by atoms with van der Waals surface area (Å²) in [7, 11) is 0. The Bertz CT molecular complexity index is 230. The second kappa shape index (κ2) is 3.46. The quantitative estimate of drug-likeness (QED) is 0.756. The highest BCUT2D eigenvalue weighted by Gasteiger charge is 2.80. The van der Waals surface area contributed by atoms with E-state index in [0.29, 0.717) is 6.92 Å². The van der Waals surface area contributed by atoms with Gasteiger partial charge in [0.25, 0.3) is 0 Å². The van der Waals surface area contributed by atoms with Crippen LogP contribution in [0.5, 0.6) is 0 Å². The lowest BCUT2D eigenvalue weighted by molar-refractivity contribution is -0.417. The van der Waals surface area contributed by atoms with Gasteiger partial charge in [-0.05, 0) is 0 Å². The summed E-state index contributed by atoms with van der Waals surface area (Å²) in [6.07, 6.45) is -8.00. The zero-order chi connectivity index (χ0) is 12.7. The van der Waals surface area contributed by atoms with Gasteiger partial charge in [-0.25, -0.2) is 0 Å². The molecule has 0 unspecified atom stereocenters. The van der Waals surface area contributed by atoms with Crippen LogP contribution in [0.3, 0.4) is 0 Å². The Morgan fingerprint density at radius 2 is 1.13 bits per heavy atom. The molecular formula is C6H6F8O. The summed E-state index contributed by atoms with van der Waals surface area (Å²) in [5, 5.41) is 7.44. The first-order valence-electron chi connectivity index (χ1n) is 3.55. The minimum atomic E-state index is -6.54. The van der Waals surface area contributed by atoms with E-state index in [1.54, 1.807) is 0 Å². The molecule has 0 aliphatic heterocycles. The molecule has 0 aromatic heterocycles. The lowest BCUT2D eigenvalue weighted by Gasteiger charge is -2.33. The fourth-order valence-corrected chi connectivity index (χ4v) is 0.641. The summed E-state index contributed by atoms with van der Waals surface area (Å²) in [4.78, 5) is 0. The van der Waals surface area contributed by atoms with E-state index in [9.17, 15) is 35.1 Å². The van der Waals surface area contributed by atoms with Crippen LogP contribution in [0.15, 0.2) is 0 Å². The first-order chi connectivity index (χ1) is 6.31. The number of hydrogen-bond acceptors (Lipinski definition) is 1. The van der Waals surface area contributed by atoms with Gasteiger partial charge in [-0.15, -0.1) is 0 Å². The topological polar surface area (TPSA) is 20.2 Å². The molecule has 0 spiro atoms. The Balaban J connectivity index is 5.38. The lowest BCUT2D eigenvalue weighted by atomic mass is 10.0. The number of halogens is 8. The number of aliphatic hydroxyl groups is 1. The van der Waals surface area contributed by atoms with Gasteiger partial charge in [0.1, 0.15) is 0 Å². The van der Waals surface area contributed by atoms with Crippen molar-refractivity contribution in [2.24, 2.45) is 0 Å². The summed E-state index contributed by atoms with van der Waals surface area (Å²) in [6, 6.07) is 0. The summed E-state index contributed by atoms with van der Waals surface area (Å²) in [6.45, 7) is 0.416. The van der Waals surface area contributed by atoms with E-state index in [2.05, 4.69) is 0 Å². The van der Waals surface area contributed by atoms with Gasteiger partial charge in [0.2, 0.25) is 0 Å². The Morgan fingerprint density at radius 1 is 0.800 bits per heavy atom. The molecule has 9 heteroatoms. The van der Waals surface area contributed by atoms with Gasteiger partial charge in [0.05, 0.1) is 0 Å². The number of alkyl halides is 8. The predicted octanol–water partition coefficient (Wildman–Crippen LogP) is 2.89. The van der Waals surface area contributed by atoms with Gasteiger partial charge in [-0.2, -0.15) is 35.1 Å². The molecule has 0 saturated heterocycles. The van der Waals surface area contributed by atoms with Crippen molar-refractivity contribution in [2.45, 2.75) is 37.2 Å². The highest BCUT2D eigenvalue weighted by Crippen LogP contribution is 2.52. The van der Waals surface area contributed by atoms with Crippen molar-refractivity contribution in [3.8, 4) is 0 Å². The van der Waals surface area contributed by atoms with Gasteiger partial charge >= 0.3 is 23.9 Å². The van der Waals surface area contributed by atoms with Gasteiger partial charge in [0, 0.05) is 6.42 Å². The Kier molecular flexibility index (Phi) is 3.32. The molecule has 1 N–H and O–H groups in total. The van der Waals surface area contributed by atoms with Crippen LogP contribution in [-0.2, 0) is 0 Å². The van der Waals surface area contributed by atoms with E-state index < -0.39 is 30.3 Å². The number of rotatable bonds is 4. The highest BCUT2D eigenvalue weighted by atomic mass is 19.4. The van der Waals surface area contributed by atoms with Crippen LogP contribution in [0.25, 0.3) is 0 Å². The fourth-order valence-electron chi connectivity index (χ4n) is 0.641. The third-order valence-electron chi connectivity index (χ3n) is 1.68. The average Bonchev–Trinajstić information content (AvgIpc) is 2.01. The van der Waals surface area contributed by atoms with E-state index in [1.807, 2.05) is 0 Å². The first-order valence-corrected chi connectivity index (χ1v) is 3.55. The van der Waals surface area contributed by atoms with Crippen LogP contribution >= 0.6 is 0 Å². The van der Waals surface area contributed by atoms with Crippen molar-refractivity contribution in [1.82, 2.24) is 0 Å². The summed E-state index contributed by atoms with van der Waals surface area (Å²) in [5.41, 5.74) is 0. The minimum Gasteiger partial charge on any atom is -0.331 e. The summed E-state index contributed by atoms with van der Waals surface area (Å²) >= 11 is 0. The van der Waals surface area contributed by atoms with Gasteiger partial charge < -0.3 is 5.11 Å². The van der Waals surface area contributed by atoms with Crippen LogP contribution in [0.4, 0.5) is 35.1 Å². The molecule has 92 valence electrons. The normalized spacial score (nSPS) is 15.6. The maximum atomic E-state index is 12.3. The van der Waals surface area contributed by atoms with Crippen LogP contribution in [0, 0.1) is 0 Å². The molecule has 15 heavy (non-hydrogen) atoms. The molecule has 0 aromatic carbocycles. The largest absolute Gasteiger partial charge is 0.423 e. The molecule has 0 aliphatic rings. The van der Waals surface area contributed by atoms with Crippen molar-refractivity contribution in [2.75, 3.05) is 0 Å². The predicted molar refractivity (Wildman–Crippen MR) is 32.3 cm³/mol. The van der Waals surface area contributed by atoms with Crippen LogP contribution in [0.1, 0.15) is 13.3 Å². The third-order valence-corrected chi connectivity index (χ3v) is 1.68. The van der Waals surface area contributed by atoms with Gasteiger partial charge in [-0.3, -0.25) is 0 Å². The second-order valence-corrected chi connectivity index (χ2v) is 2.75. The van der Waals surface area contributed by atoms with Crippen LogP contribution < -0.4 is 0 Å². The van der Waals surface area contributed by atoms with Gasteiger partial charge in [0.15, 0.2) is 0 Å². The van der Waals surface area contributed by atoms with E-state index in [1.165, 1.54) is 0 Å². The molecule has 0 saturated carbocycles. The summed E-state index contributed by atoms with van der Waals surface area (Å²) < 4.78 is 96.9. The molecule has 1 nitrogen and oxygen atoms in total. The SMILES string of the molecule is CCC(F)(F)C(F)(F)C(F)(F)C(O)(F)F. The zero-order valence-electron chi connectivity index (χ0n) is 7.18. The lowest BCUT2D eigenvalue weighted by Crippen LogP contribution is -2.61. The highest BCUT2D eigenvalue weighted by molar-refractivity contribution is 4.99. The zero-order valence-corrected chi connectivity index (χ0v) is 7.18. The van der Waals surface area contributed by atoms with E-state index >= 15 is 0 Å². The Labute approximate surface area is 78.7 Å². The first kappa shape index (κ1) is 14.4. The number of hydrogen-bond donors (Lipinski definition) is 1. The van der Waals surface area contributed by atoms with Crippen molar-refractivity contribution in [3.63, 3.8) is 0 Å². The molecule has 0 amide bonds. The maximum Gasteiger partial charge on any atom is 0.423 e. The smallest absolute Gasteiger partial charge is 0.331 e. The molecule has 0 atom stereocenters.